The number of carbonyl (C=O) groups is 2. The molecule has 2 fully saturated rings. The number of aromatic hydroxyl groups is 1. The van der Waals surface area contributed by atoms with Crippen molar-refractivity contribution in [2.75, 3.05) is 27.4 Å². The summed E-state index contributed by atoms with van der Waals surface area (Å²) in [6.07, 6.45) is 1.42. The van der Waals surface area contributed by atoms with E-state index in [4.69, 9.17) is 25.8 Å². The van der Waals surface area contributed by atoms with E-state index in [9.17, 15) is 19.8 Å². The minimum atomic E-state index is -0.923. The number of rotatable bonds is 6. The van der Waals surface area contributed by atoms with Crippen LogP contribution in [0.4, 0.5) is 0 Å². The van der Waals surface area contributed by atoms with Gasteiger partial charge in [0.2, 0.25) is 0 Å². The van der Waals surface area contributed by atoms with Gasteiger partial charge < -0.3 is 29.3 Å². The van der Waals surface area contributed by atoms with Crippen molar-refractivity contribution in [1.82, 2.24) is 4.90 Å². The van der Waals surface area contributed by atoms with Gasteiger partial charge in [-0.2, -0.15) is 0 Å². The highest BCUT2D eigenvalue weighted by Crippen LogP contribution is 2.42. The molecule has 2 saturated heterocycles. The van der Waals surface area contributed by atoms with Crippen LogP contribution in [-0.4, -0.2) is 60.3 Å². The molecule has 0 aliphatic carbocycles. The molecule has 0 spiro atoms. The molecule has 2 heterocycles. The Labute approximate surface area is 195 Å². The van der Waals surface area contributed by atoms with Gasteiger partial charge in [-0.3, -0.25) is 9.59 Å². The molecule has 0 saturated carbocycles. The number of Topliss-reactive ketones (excluding diaryl/α,β-unsaturated/α-hetero) is 1. The normalized spacial score (nSPS) is 22.1. The van der Waals surface area contributed by atoms with Gasteiger partial charge in [-0.15, -0.1) is 0 Å². The van der Waals surface area contributed by atoms with E-state index in [0.29, 0.717) is 22.9 Å². The van der Waals surface area contributed by atoms with E-state index in [0.717, 1.165) is 12.8 Å². The lowest BCUT2D eigenvalue weighted by atomic mass is 9.94. The molecule has 4 rings (SSSR count). The fraction of sp³-hybridized carbons (Fsp3) is 0.333. The summed E-state index contributed by atoms with van der Waals surface area (Å²) in [4.78, 5) is 27.6. The lowest BCUT2D eigenvalue weighted by molar-refractivity contribution is -0.140. The number of hydrogen-bond donors (Lipinski definition) is 2. The molecule has 2 aromatic carbocycles. The number of methoxy groups -OCH3 is 2. The van der Waals surface area contributed by atoms with Crippen molar-refractivity contribution in [2.24, 2.45) is 0 Å². The third-order valence-electron chi connectivity index (χ3n) is 5.91. The monoisotopic (exact) mass is 473 g/mol. The maximum atomic E-state index is 13.1. The molecule has 2 aromatic rings. The molecule has 33 heavy (non-hydrogen) atoms. The van der Waals surface area contributed by atoms with E-state index in [-0.39, 0.29) is 41.0 Å². The minimum Gasteiger partial charge on any atom is -0.507 e. The number of likely N-dealkylation sites (tertiary alicyclic amines) is 1. The van der Waals surface area contributed by atoms with Crippen LogP contribution < -0.4 is 9.47 Å². The van der Waals surface area contributed by atoms with E-state index in [1.54, 1.807) is 12.1 Å². The van der Waals surface area contributed by atoms with Gasteiger partial charge in [0.25, 0.3) is 11.7 Å². The van der Waals surface area contributed by atoms with Crippen molar-refractivity contribution >= 4 is 29.1 Å². The Morgan fingerprint density at radius 3 is 2.55 bits per heavy atom. The predicted octanol–water partition coefficient (Wildman–Crippen LogP) is 3.66. The highest BCUT2D eigenvalue weighted by molar-refractivity contribution is 6.46. The molecule has 8 nitrogen and oxygen atoms in total. The Bertz CT molecular complexity index is 1120. The number of nitrogens with zero attached hydrogens (tertiary/aromatic N) is 1. The predicted molar refractivity (Wildman–Crippen MR) is 121 cm³/mol. The van der Waals surface area contributed by atoms with E-state index < -0.39 is 17.7 Å². The smallest absolute Gasteiger partial charge is 0.295 e. The third kappa shape index (κ3) is 4.24. The largest absolute Gasteiger partial charge is 0.507 e. The van der Waals surface area contributed by atoms with Gasteiger partial charge in [0.05, 0.1) is 37.0 Å². The second-order valence-corrected chi connectivity index (χ2v) is 8.27. The standard InChI is InChI=1S/C24H24ClNO7/c1-31-18-8-6-13(10-17(18)27)21-20(22(28)14-5-7-16(25)19(11-14)32-2)23(29)24(30)26(21)12-15-4-3-9-33-15/h5-8,10-11,15,21,27-28H,3-4,9,12H2,1-2H3/b22-20-. The van der Waals surface area contributed by atoms with Crippen LogP contribution in [0, 0.1) is 0 Å². The number of halogens is 1. The van der Waals surface area contributed by atoms with E-state index in [2.05, 4.69) is 0 Å². The summed E-state index contributed by atoms with van der Waals surface area (Å²) in [6.45, 7) is 0.774. The van der Waals surface area contributed by atoms with Crippen LogP contribution in [0.5, 0.6) is 17.2 Å². The Morgan fingerprint density at radius 1 is 1.15 bits per heavy atom. The number of benzene rings is 2. The number of hydrogen-bond acceptors (Lipinski definition) is 7. The van der Waals surface area contributed by atoms with E-state index in [1.165, 1.54) is 43.4 Å². The number of phenols is 1. The number of ketones is 1. The summed E-state index contributed by atoms with van der Waals surface area (Å²) < 4.78 is 16.0. The van der Waals surface area contributed by atoms with E-state index in [1.807, 2.05) is 0 Å². The summed E-state index contributed by atoms with van der Waals surface area (Å²) in [5, 5.41) is 21.8. The first kappa shape index (κ1) is 22.9. The second kappa shape index (κ2) is 9.33. The zero-order valence-corrected chi connectivity index (χ0v) is 19.0. The van der Waals surface area contributed by atoms with Crippen molar-refractivity contribution in [2.45, 2.75) is 25.0 Å². The van der Waals surface area contributed by atoms with Gasteiger partial charge in [-0.05, 0) is 48.7 Å². The average molecular weight is 474 g/mol. The molecule has 9 heteroatoms. The first-order valence-electron chi connectivity index (χ1n) is 10.5. The Morgan fingerprint density at radius 2 is 1.91 bits per heavy atom. The summed E-state index contributed by atoms with van der Waals surface area (Å²) in [5.74, 6) is -1.51. The van der Waals surface area contributed by atoms with Gasteiger partial charge in [0, 0.05) is 18.7 Å². The van der Waals surface area contributed by atoms with Crippen molar-refractivity contribution < 1.29 is 34.0 Å². The zero-order valence-electron chi connectivity index (χ0n) is 18.2. The molecule has 2 N–H and O–H groups in total. The SMILES string of the molecule is COc1ccc(C2/C(=C(/O)c3ccc(Cl)c(OC)c3)C(=O)C(=O)N2CC2CCCO2)cc1O. The summed E-state index contributed by atoms with van der Waals surface area (Å²) in [6, 6.07) is 8.26. The lowest BCUT2D eigenvalue weighted by Crippen LogP contribution is -2.36. The Balaban J connectivity index is 1.85. The molecular weight excluding hydrogens is 450 g/mol. The van der Waals surface area contributed by atoms with Crippen molar-refractivity contribution in [3.63, 3.8) is 0 Å². The van der Waals surface area contributed by atoms with Crippen LogP contribution in [-0.2, 0) is 14.3 Å². The summed E-state index contributed by atoms with van der Waals surface area (Å²) in [7, 11) is 2.86. The van der Waals surface area contributed by atoms with Crippen LogP contribution in [0.15, 0.2) is 42.0 Å². The second-order valence-electron chi connectivity index (χ2n) is 7.87. The average Bonchev–Trinajstić information content (AvgIpc) is 3.41. The van der Waals surface area contributed by atoms with Crippen molar-refractivity contribution in [3.8, 4) is 17.2 Å². The van der Waals surface area contributed by atoms with Crippen LogP contribution >= 0.6 is 11.6 Å². The maximum absolute atomic E-state index is 13.1. The number of aliphatic hydroxyl groups excluding tert-OH is 1. The first-order chi connectivity index (χ1) is 15.8. The van der Waals surface area contributed by atoms with Crippen molar-refractivity contribution in [1.29, 1.82) is 0 Å². The quantitative estimate of drug-likeness (QED) is 0.374. The molecule has 2 aliphatic heterocycles. The molecule has 1 amide bonds. The summed E-state index contributed by atoms with van der Waals surface area (Å²) >= 11 is 6.10. The molecule has 0 radical (unpaired) electrons. The topological polar surface area (TPSA) is 106 Å². The highest BCUT2D eigenvalue weighted by atomic mass is 35.5. The van der Waals surface area contributed by atoms with Gasteiger partial charge in [-0.25, -0.2) is 0 Å². The van der Waals surface area contributed by atoms with Gasteiger partial charge in [0.15, 0.2) is 11.5 Å². The molecule has 0 bridgehead atoms. The number of carbonyl (C=O) groups excluding carboxylic acids is 2. The highest BCUT2D eigenvalue weighted by Gasteiger charge is 2.47. The van der Waals surface area contributed by atoms with E-state index >= 15 is 0 Å². The zero-order chi connectivity index (χ0) is 23.7. The molecule has 2 atom stereocenters. The Hall–Kier alpha value is -3.23. The number of amides is 1. The van der Waals surface area contributed by atoms with Gasteiger partial charge in [-0.1, -0.05) is 17.7 Å². The maximum Gasteiger partial charge on any atom is 0.295 e. The fourth-order valence-electron chi connectivity index (χ4n) is 4.26. The Kier molecular flexibility index (Phi) is 6.49. The minimum absolute atomic E-state index is 0.0908. The van der Waals surface area contributed by atoms with Crippen molar-refractivity contribution in [3.05, 3.63) is 58.1 Å². The molecule has 2 unspecified atom stereocenters. The molecule has 2 aliphatic rings. The van der Waals surface area contributed by atoms with Gasteiger partial charge >= 0.3 is 0 Å². The molecule has 174 valence electrons. The summed E-state index contributed by atoms with van der Waals surface area (Å²) in [5.41, 5.74) is 0.633. The lowest BCUT2D eigenvalue weighted by Gasteiger charge is -2.27. The number of ether oxygens (including phenoxy) is 3. The van der Waals surface area contributed by atoms with Crippen LogP contribution in [0.25, 0.3) is 5.76 Å². The van der Waals surface area contributed by atoms with Crippen LogP contribution in [0.2, 0.25) is 5.02 Å². The van der Waals surface area contributed by atoms with Gasteiger partial charge in [0.1, 0.15) is 11.5 Å². The molecular formula is C24H24ClNO7. The first-order valence-corrected chi connectivity index (χ1v) is 10.8. The third-order valence-corrected chi connectivity index (χ3v) is 6.22. The number of aliphatic hydroxyl groups is 1. The van der Waals surface area contributed by atoms with Crippen LogP contribution in [0.1, 0.15) is 30.0 Å². The fourth-order valence-corrected chi connectivity index (χ4v) is 4.46. The number of phenolic OH excluding ortho intramolecular Hbond substituents is 1. The molecule has 0 aromatic heterocycles. The van der Waals surface area contributed by atoms with Crippen LogP contribution in [0.3, 0.4) is 0 Å².